The summed E-state index contributed by atoms with van der Waals surface area (Å²) in [5.74, 6) is 0. The van der Waals surface area contributed by atoms with Gasteiger partial charge in [0, 0.05) is 0 Å². The maximum atomic E-state index is 10.0. The highest BCUT2D eigenvalue weighted by atomic mass is 28.4. The van der Waals surface area contributed by atoms with Crippen LogP contribution >= 0.6 is 0 Å². The van der Waals surface area contributed by atoms with Crippen molar-refractivity contribution in [2.75, 3.05) is 0 Å². The van der Waals surface area contributed by atoms with Gasteiger partial charge in [0.2, 0.25) is 0 Å². The molecular weight excluding hydrogens is 192 g/mol. The van der Waals surface area contributed by atoms with Crippen LogP contribution < -0.4 is 0 Å². The van der Waals surface area contributed by atoms with Gasteiger partial charge in [0.05, 0.1) is 6.10 Å². The van der Waals surface area contributed by atoms with Crippen molar-refractivity contribution in [3.8, 4) is 0 Å². The van der Waals surface area contributed by atoms with Gasteiger partial charge in [0.1, 0.15) is 0 Å². The normalized spacial score (nSPS) is 15.4. The molecule has 0 radical (unpaired) electrons. The first kappa shape index (κ1) is 13.9. The molecule has 2 nitrogen and oxygen atoms in total. The van der Waals surface area contributed by atoms with Gasteiger partial charge in [-0.1, -0.05) is 26.0 Å². The van der Waals surface area contributed by atoms with E-state index >= 15 is 0 Å². The molecular formula is C11H24O2Si. The van der Waals surface area contributed by atoms with E-state index in [1.165, 1.54) is 0 Å². The summed E-state index contributed by atoms with van der Waals surface area (Å²) in [4.78, 5) is 10.0. The molecule has 1 unspecified atom stereocenters. The average molecular weight is 216 g/mol. The fraction of sp³-hybridized carbons (Fsp3) is 0.818. The summed E-state index contributed by atoms with van der Waals surface area (Å²) in [7, 11) is -2.13. The molecule has 0 aromatic rings. The summed E-state index contributed by atoms with van der Waals surface area (Å²) in [6.45, 7) is 13.6. The van der Waals surface area contributed by atoms with Crippen LogP contribution in [0.3, 0.4) is 0 Å². The molecule has 0 aromatic heterocycles. The molecule has 2 N–H and O–H groups in total. The minimum atomic E-state index is -2.13. The van der Waals surface area contributed by atoms with Gasteiger partial charge in [0.15, 0.2) is 8.32 Å². The smallest absolute Gasteiger partial charge is 0.188 e. The Morgan fingerprint density at radius 1 is 1.43 bits per heavy atom. The van der Waals surface area contributed by atoms with Crippen molar-refractivity contribution in [3.63, 3.8) is 0 Å². The van der Waals surface area contributed by atoms with Gasteiger partial charge in [-0.05, 0) is 37.9 Å². The van der Waals surface area contributed by atoms with E-state index in [1.807, 2.05) is 20.0 Å². The highest BCUT2D eigenvalue weighted by Crippen LogP contribution is 2.40. The van der Waals surface area contributed by atoms with Crippen molar-refractivity contribution in [3.05, 3.63) is 12.2 Å². The second kappa shape index (κ2) is 4.60. The molecule has 3 heteroatoms. The lowest BCUT2D eigenvalue weighted by Crippen LogP contribution is -2.39. The van der Waals surface area contributed by atoms with E-state index in [2.05, 4.69) is 20.4 Å². The number of aliphatic hydroxyl groups is 1. The largest absolute Gasteiger partial charge is 0.432 e. The van der Waals surface area contributed by atoms with Gasteiger partial charge in [-0.3, -0.25) is 0 Å². The molecule has 0 bridgehead atoms. The second-order valence-electron chi connectivity index (χ2n) is 5.34. The van der Waals surface area contributed by atoms with Crippen LogP contribution in [0.5, 0.6) is 0 Å². The summed E-state index contributed by atoms with van der Waals surface area (Å²) in [5, 5.41) is 9.54. The third-order valence-corrected chi connectivity index (χ3v) is 6.83. The van der Waals surface area contributed by atoms with Gasteiger partial charge < -0.3 is 9.90 Å². The molecule has 0 heterocycles. The zero-order valence-corrected chi connectivity index (χ0v) is 11.1. The first-order chi connectivity index (χ1) is 6.08. The summed E-state index contributed by atoms with van der Waals surface area (Å²) >= 11 is 0. The molecule has 0 saturated carbocycles. The molecule has 0 spiro atoms. The standard InChI is InChI=1S/C11H24O2Si/c1-9(2)10(12)7-8-11(3,4)14(5,6)13/h10,12-13H,1,7-8H2,2-6H3. The Balaban J connectivity index is 4.20. The topological polar surface area (TPSA) is 40.5 Å². The van der Waals surface area contributed by atoms with Crippen LogP contribution in [0.4, 0.5) is 0 Å². The van der Waals surface area contributed by atoms with Crippen LogP contribution in [0.25, 0.3) is 0 Å². The van der Waals surface area contributed by atoms with E-state index in [4.69, 9.17) is 0 Å². The van der Waals surface area contributed by atoms with E-state index < -0.39 is 14.4 Å². The minimum Gasteiger partial charge on any atom is -0.432 e. The molecule has 0 rings (SSSR count). The van der Waals surface area contributed by atoms with Crippen molar-refractivity contribution < 1.29 is 9.90 Å². The maximum Gasteiger partial charge on any atom is 0.188 e. The van der Waals surface area contributed by atoms with Gasteiger partial charge in [0.25, 0.3) is 0 Å². The Morgan fingerprint density at radius 3 is 2.14 bits per heavy atom. The zero-order chi connectivity index (χ0) is 11.6. The van der Waals surface area contributed by atoms with E-state index in [-0.39, 0.29) is 5.04 Å². The Hall–Kier alpha value is -0.123. The van der Waals surface area contributed by atoms with Crippen LogP contribution in [0.1, 0.15) is 33.6 Å². The van der Waals surface area contributed by atoms with Crippen LogP contribution in [0.2, 0.25) is 18.1 Å². The molecule has 0 aliphatic heterocycles. The van der Waals surface area contributed by atoms with E-state index in [0.717, 1.165) is 12.0 Å². The van der Waals surface area contributed by atoms with Crippen molar-refractivity contribution in [1.82, 2.24) is 0 Å². The fourth-order valence-electron chi connectivity index (χ4n) is 1.05. The van der Waals surface area contributed by atoms with Crippen LogP contribution in [0, 0.1) is 0 Å². The second-order valence-corrected chi connectivity index (χ2v) is 9.82. The number of aliphatic hydroxyl groups excluding tert-OH is 1. The van der Waals surface area contributed by atoms with Crippen molar-refractivity contribution in [2.24, 2.45) is 0 Å². The number of hydrogen-bond acceptors (Lipinski definition) is 2. The predicted octanol–water partition coefficient (Wildman–Crippen LogP) is 2.68. The maximum absolute atomic E-state index is 10.0. The Kier molecular flexibility index (Phi) is 4.56. The lowest BCUT2D eigenvalue weighted by Gasteiger charge is -2.35. The lowest BCUT2D eigenvalue weighted by molar-refractivity contribution is 0.191. The van der Waals surface area contributed by atoms with Crippen LogP contribution in [-0.4, -0.2) is 24.3 Å². The monoisotopic (exact) mass is 216 g/mol. The molecule has 0 amide bonds. The zero-order valence-electron chi connectivity index (χ0n) is 10.1. The highest BCUT2D eigenvalue weighted by Gasteiger charge is 2.37. The van der Waals surface area contributed by atoms with Gasteiger partial charge in [-0.25, -0.2) is 0 Å². The first-order valence-electron chi connectivity index (χ1n) is 5.14. The SMILES string of the molecule is C=C(C)C(O)CCC(C)(C)[Si](C)(C)O. The lowest BCUT2D eigenvalue weighted by atomic mass is 10.0. The van der Waals surface area contributed by atoms with Crippen molar-refractivity contribution in [1.29, 1.82) is 0 Å². The third-order valence-electron chi connectivity index (χ3n) is 3.27. The Bertz CT molecular complexity index is 204. The van der Waals surface area contributed by atoms with Gasteiger partial charge in [-0.2, -0.15) is 0 Å². The highest BCUT2D eigenvalue weighted by molar-refractivity contribution is 6.72. The van der Waals surface area contributed by atoms with E-state index in [1.54, 1.807) is 0 Å². The number of hydrogen-bond donors (Lipinski definition) is 2. The molecule has 0 fully saturated rings. The summed E-state index contributed by atoms with van der Waals surface area (Å²) in [6.07, 6.45) is 1.11. The third kappa shape index (κ3) is 3.94. The number of rotatable bonds is 5. The fourth-order valence-corrected chi connectivity index (χ4v) is 1.81. The first-order valence-corrected chi connectivity index (χ1v) is 8.08. The quantitative estimate of drug-likeness (QED) is 0.548. The van der Waals surface area contributed by atoms with Gasteiger partial charge >= 0.3 is 0 Å². The van der Waals surface area contributed by atoms with Gasteiger partial charge in [-0.15, -0.1) is 0 Å². The average Bonchev–Trinajstić information content (AvgIpc) is 1.97. The molecule has 0 aromatic carbocycles. The van der Waals surface area contributed by atoms with E-state index in [0.29, 0.717) is 6.42 Å². The summed E-state index contributed by atoms with van der Waals surface area (Å²) in [6, 6.07) is 0. The van der Waals surface area contributed by atoms with E-state index in [9.17, 15) is 9.90 Å². The predicted molar refractivity (Wildman–Crippen MR) is 63.8 cm³/mol. The minimum absolute atomic E-state index is 0.0522. The Labute approximate surface area is 88.8 Å². The molecule has 1 atom stereocenters. The molecule has 14 heavy (non-hydrogen) atoms. The Morgan fingerprint density at radius 2 is 1.86 bits per heavy atom. The van der Waals surface area contributed by atoms with Crippen LogP contribution in [-0.2, 0) is 0 Å². The van der Waals surface area contributed by atoms with Crippen molar-refractivity contribution in [2.45, 2.75) is 57.8 Å². The van der Waals surface area contributed by atoms with Crippen LogP contribution in [0.15, 0.2) is 12.2 Å². The molecule has 0 aliphatic carbocycles. The summed E-state index contributed by atoms with van der Waals surface area (Å²) < 4.78 is 0. The molecule has 0 aliphatic rings. The summed E-state index contributed by atoms with van der Waals surface area (Å²) in [5.41, 5.74) is 0.804. The van der Waals surface area contributed by atoms with Crippen molar-refractivity contribution >= 4 is 8.32 Å². The molecule has 84 valence electrons. The molecule has 0 saturated heterocycles.